The molecule has 0 aromatic carbocycles. The molecule has 4 heterocycles. The van der Waals surface area contributed by atoms with Crippen LogP contribution in [0.2, 0.25) is 0 Å². The van der Waals surface area contributed by atoms with Crippen LogP contribution in [0.5, 0.6) is 5.88 Å². The fraction of sp³-hybridized carbons (Fsp3) is 0.227. The second kappa shape index (κ2) is 9.98. The number of anilines is 1. The van der Waals surface area contributed by atoms with Gasteiger partial charge >= 0.3 is 0 Å². The van der Waals surface area contributed by atoms with Crippen molar-refractivity contribution in [2.45, 2.75) is 26.4 Å². The van der Waals surface area contributed by atoms with Crippen molar-refractivity contribution in [3.63, 3.8) is 0 Å². The molecule has 4 aromatic heterocycles. The number of carbonyl (C=O) groups is 1. The van der Waals surface area contributed by atoms with E-state index in [1.807, 2.05) is 19.9 Å². The van der Waals surface area contributed by atoms with E-state index in [1.54, 1.807) is 41.6 Å². The molecule has 0 aliphatic carbocycles. The Kier molecular flexibility index (Phi) is 6.87. The van der Waals surface area contributed by atoms with E-state index in [4.69, 9.17) is 10.5 Å². The summed E-state index contributed by atoms with van der Waals surface area (Å²) in [6, 6.07) is 8.43. The van der Waals surface area contributed by atoms with E-state index in [-0.39, 0.29) is 12.5 Å². The highest BCUT2D eigenvalue weighted by molar-refractivity contribution is 14.1. The number of hydrogen-bond donors (Lipinski definition) is 1. The monoisotopic (exact) mass is 556 g/mol. The number of halogens is 1. The summed E-state index contributed by atoms with van der Waals surface area (Å²) in [7, 11) is 0. The molecule has 0 saturated heterocycles. The molecule has 2 N–H and O–H groups in total. The Morgan fingerprint density at radius 3 is 2.67 bits per heavy atom. The Morgan fingerprint density at radius 1 is 1.18 bits per heavy atom. The van der Waals surface area contributed by atoms with Crippen molar-refractivity contribution in [3.05, 3.63) is 69.6 Å². The van der Waals surface area contributed by atoms with Gasteiger partial charge in [0.05, 0.1) is 34.0 Å². The highest BCUT2D eigenvalue weighted by atomic mass is 127. The summed E-state index contributed by atoms with van der Waals surface area (Å²) < 4.78 is 6.15. The van der Waals surface area contributed by atoms with Crippen molar-refractivity contribution in [1.82, 2.24) is 35.0 Å². The normalized spacial score (nSPS) is 11.8. The minimum Gasteiger partial charge on any atom is -0.477 e. The maximum atomic E-state index is 13.6. The van der Waals surface area contributed by atoms with Crippen LogP contribution in [0.3, 0.4) is 0 Å². The molecule has 1 unspecified atom stereocenters. The fourth-order valence-corrected chi connectivity index (χ4v) is 3.67. The first kappa shape index (κ1) is 22.7. The number of pyridine rings is 2. The van der Waals surface area contributed by atoms with E-state index >= 15 is 0 Å². The first-order valence-corrected chi connectivity index (χ1v) is 11.3. The Balaban J connectivity index is 1.69. The van der Waals surface area contributed by atoms with Gasteiger partial charge in [0.15, 0.2) is 5.65 Å². The molecule has 1 atom stereocenters. The number of hydrogen-bond acceptors (Lipinski definition) is 9. The minimum absolute atomic E-state index is 0.202. The van der Waals surface area contributed by atoms with E-state index in [0.717, 1.165) is 8.96 Å². The Labute approximate surface area is 203 Å². The molecule has 1 amide bonds. The molecular weight excluding hydrogens is 535 g/mol. The standard InChI is InChI=1S/C22H21IN8O2/c1-3-33-18-6-5-16(29-30-18)12-31(13(2)20-25-7-4-8-26-20)22(32)15-9-14-10-17(23)19(24)28-21(14)27-11-15/h4-11,13H,3,12H2,1-2H3,(H2,24,27,28). The first-order chi connectivity index (χ1) is 16.0. The molecule has 4 rings (SSSR count). The van der Waals surface area contributed by atoms with Gasteiger partial charge in [-0.1, -0.05) is 0 Å². The molecule has 0 bridgehead atoms. The molecule has 0 aliphatic heterocycles. The predicted octanol–water partition coefficient (Wildman–Crippen LogP) is 3.20. The zero-order valence-electron chi connectivity index (χ0n) is 18.0. The zero-order valence-corrected chi connectivity index (χ0v) is 20.2. The van der Waals surface area contributed by atoms with E-state index < -0.39 is 6.04 Å². The summed E-state index contributed by atoms with van der Waals surface area (Å²) in [5, 5.41) is 9.01. The van der Waals surface area contributed by atoms with Crippen LogP contribution in [0.1, 0.15) is 41.8 Å². The molecule has 0 fully saturated rings. The number of amides is 1. The van der Waals surface area contributed by atoms with Gasteiger partial charge < -0.3 is 15.4 Å². The van der Waals surface area contributed by atoms with Crippen LogP contribution >= 0.6 is 22.6 Å². The molecule has 0 aliphatic rings. The number of fused-ring (bicyclic) bond motifs is 1. The second-order valence-electron chi connectivity index (χ2n) is 7.14. The first-order valence-electron chi connectivity index (χ1n) is 10.2. The summed E-state index contributed by atoms with van der Waals surface area (Å²) in [4.78, 5) is 32.5. The number of carbonyl (C=O) groups excluding carboxylic acids is 1. The molecule has 0 spiro atoms. The number of nitrogen functional groups attached to an aromatic ring is 1. The maximum Gasteiger partial charge on any atom is 0.256 e. The summed E-state index contributed by atoms with van der Waals surface area (Å²) in [6.07, 6.45) is 4.79. The van der Waals surface area contributed by atoms with Gasteiger partial charge in [0.1, 0.15) is 11.6 Å². The van der Waals surface area contributed by atoms with Crippen LogP contribution in [0, 0.1) is 3.57 Å². The van der Waals surface area contributed by atoms with E-state index in [1.165, 1.54) is 6.20 Å². The lowest BCUT2D eigenvalue weighted by atomic mass is 10.1. The van der Waals surface area contributed by atoms with Crippen molar-refractivity contribution >= 4 is 45.3 Å². The van der Waals surface area contributed by atoms with Crippen molar-refractivity contribution in [3.8, 4) is 5.88 Å². The van der Waals surface area contributed by atoms with Crippen molar-refractivity contribution in [2.75, 3.05) is 12.3 Å². The molecule has 10 nitrogen and oxygen atoms in total. The lowest BCUT2D eigenvalue weighted by Gasteiger charge is -2.28. The van der Waals surface area contributed by atoms with Crippen molar-refractivity contribution < 1.29 is 9.53 Å². The molecular formula is C22H21IN8O2. The molecule has 4 aromatic rings. The molecule has 0 radical (unpaired) electrons. The van der Waals surface area contributed by atoms with E-state index in [9.17, 15) is 4.79 Å². The lowest BCUT2D eigenvalue weighted by Crippen LogP contribution is -2.34. The third kappa shape index (κ3) is 5.13. The fourth-order valence-electron chi connectivity index (χ4n) is 3.22. The SMILES string of the molecule is CCOc1ccc(CN(C(=O)c2cnc3nc(N)c(I)cc3c2)C(C)c2ncccn2)nn1. The summed E-state index contributed by atoms with van der Waals surface area (Å²) in [5.74, 6) is 1.10. The van der Waals surface area contributed by atoms with Crippen molar-refractivity contribution in [1.29, 1.82) is 0 Å². The van der Waals surface area contributed by atoms with Gasteiger partial charge in [0, 0.05) is 30.0 Å². The quantitative estimate of drug-likeness (QED) is 0.341. The Hall–Kier alpha value is -3.48. The zero-order chi connectivity index (χ0) is 23.4. The lowest BCUT2D eigenvalue weighted by molar-refractivity contribution is 0.0662. The van der Waals surface area contributed by atoms with Crippen molar-refractivity contribution in [2.24, 2.45) is 0 Å². The van der Waals surface area contributed by atoms with Crippen LogP contribution in [-0.2, 0) is 6.54 Å². The largest absolute Gasteiger partial charge is 0.477 e. The summed E-state index contributed by atoms with van der Waals surface area (Å²) in [6.45, 7) is 4.44. The molecule has 168 valence electrons. The predicted molar refractivity (Wildman–Crippen MR) is 130 cm³/mol. The number of rotatable bonds is 7. The molecule has 0 saturated carbocycles. The van der Waals surface area contributed by atoms with Crippen LogP contribution < -0.4 is 10.5 Å². The smallest absolute Gasteiger partial charge is 0.256 e. The van der Waals surface area contributed by atoms with Crippen LogP contribution in [0.15, 0.2) is 48.9 Å². The Bertz CT molecular complexity index is 1270. The average Bonchev–Trinajstić information content (AvgIpc) is 2.84. The minimum atomic E-state index is -0.424. The maximum absolute atomic E-state index is 13.6. The van der Waals surface area contributed by atoms with Gasteiger partial charge in [-0.15, -0.1) is 5.10 Å². The summed E-state index contributed by atoms with van der Waals surface area (Å²) >= 11 is 2.10. The van der Waals surface area contributed by atoms with Crippen LogP contribution in [-0.4, -0.2) is 47.5 Å². The van der Waals surface area contributed by atoms with Gasteiger partial charge in [-0.3, -0.25) is 4.79 Å². The number of nitrogens with two attached hydrogens (primary N) is 1. The highest BCUT2D eigenvalue weighted by Crippen LogP contribution is 2.24. The van der Waals surface area contributed by atoms with Gasteiger partial charge in [-0.05, 0) is 60.7 Å². The highest BCUT2D eigenvalue weighted by Gasteiger charge is 2.26. The molecule has 11 heteroatoms. The third-order valence-corrected chi connectivity index (χ3v) is 5.77. The van der Waals surface area contributed by atoms with Crippen LogP contribution in [0.25, 0.3) is 11.0 Å². The topological polar surface area (TPSA) is 133 Å². The number of ether oxygens (including phenoxy) is 1. The Morgan fingerprint density at radius 2 is 1.97 bits per heavy atom. The van der Waals surface area contributed by atoms with Gasteiger partial charge in [0.25, 0.3) is 5.91 Å². The number of aromatic nitrogens is 6. The van der Waals surface area contributed by atoms with Crippen LogP contribution in [0.4, 0.5) is 5.82 Å². The second-order valence-corrected chi connectivity index (χ2v) is 8.30. The van der Waals surface area contributed by atoms with Gasteiger partial charge in [-0.25, -0.2) is 19.9 Å². The van der Waals surface area contributed by atoms with E-state index in [2.05, 4.69) is 52.7 Å². The average molecular weight is 556 g/mol. The van der Waals surface area contributed by atoms with Gasteiger partial charge in [0.2, 0.25) is 5.88 Å². The number of nitrogens with zero attached hydrogens (tertiary/aromatic N) is 7. The third-order valence-electron chi connectivity index (χ3n) is 4.90. The van der Waals surface area contributed by atoms with Gasteiger partial charge in [-0.2, -0.15) is 5.10 Å². The summed E-state index contributed by atoms with van der Waals surface area (Å²) in [5.41, 5.74) is 7.37. The van der Waals surface area contributed by atoms with E-state index in [0.29, 0.717) is 41.0 Å². The molecule has 33 heavy (non-hydrogen) atoms.